The molecule has 0 aliphatic carbocycles. The van der Waals surface area contributed by atoms with Crippen molar-refractivity contribution in [1.29, 1.82) is 0 Å². The van der Waals surface area contributed by atoms with E-state index in [2.05, 4.69) is 10.1 Å². The predicted molar refractivity (Wildman–Crippen MR) is 72.5 cm³/mol. The molecule has 0 unspecified atom stereocenters. The molecular weight excluding hydrogens is 258 g/mol. The lowest BCUT2D eigenvalue weighted by Gasteiger charge is -2.26. The minimum Gasteiger partial charge on any atom is -0.383 e. The zero-order valence-corrected chi connectivity index (χ0v) is 10.9. The zero-order chi connectivity index (χ0) is 13.9. The first-order valence-corrected chi connectivity index (χ1v) is 6.39. The lowest BCUT2D eigenvalue weighted by atomic mass is 10.2. The van der Waals surface area contributed by atoms with Crippen molar-refractivity contribution in [3.63, 3.8) is 0 Å². The Kier molecular flexibility index (Phi) is 3.34. The average Bonchev–Trinajstić information content (AvgIpc) is 2.90. The van der Waals surface area contributed by atoms with Gasteiger partial charge in [-0.2, -0.15) is 9.78 Å². The maximum Gasteiger partial charge on any atom is 0.259 e. The summed E-state index contributed by atoms with van der Waals surface area (Å²) in [5.74, 6) is 0.777. The van der Waals surface area contributed by atoms with Gasteiger partial charge >= 0.3 is 0 Å². The van der Waals surface area contributed by atoms with Crippen molar-refractivity contribution in [2.24, 2.45) is 0 Å². The molecule has 0 aromatic carbocycles. The minimum atomic E-state index is -0.118. The van der Waals surface area contributed by atoms with Crippen LogP contribution in [0.5, 0.6) is 0 Å². The number of aromatic nitrogens is 3. The number of nitrogens with two attached hydrogens (primary N) is 1. The van der Waals surface area contributed by atoms with Gasteiger partial charge in [-0.15, -0.1) is 0 Å². The van der Waals surface area contributed by atoms with Crippen LogP contribution in [-0.4, -0.2) is 51.9 Å². The molecule has 2 N–H and O–H groups in total. The van der Waals surface area contributed by atoms with Crippen molar-refractivity contribution in [2.45, 2.75) is 0 Å². The number of anilines is 1. The predicted octanol–water partition coefficient (Wildman–Crippen LogP) is 0.322. The van der Waals surface area contributed by atoms with E-state index in [0.29, 0.717) is 43.5 Å². The first kappa shape index (κ1) is 12.6. The molecular formula is C13H15N5O2. The molecule has 0 radical (unpaired) electrons. The third-order valence-electron chi connectivity index (χ3n) is 3.20. The van der Waals surface area contributed by atoms with Crippen molar-refractivity contribution in [3.8, 4) is 5.82 Å². The molecule has 0 atom stereocenters. The van der Waals surface area contributed by atoms with Crippen LogP contribution in [0.1, 0.15) is 10.4 Å². The molecule has 0 bridgehead atoms. The maximum atomic E-state index is 12.4. The highest BCUT2D eigenvalue weighted by Crippen LogP contribution is 2.17. The number of ether oxygens (including phenoxy) is 1. The van der Waals surface area contributed by atoms with Crippen LogP contribution in [0, 0.1) is 0 Å². The molecule has 1 fully saturated rings. The van der Waals surface area contributed by atoms with Crippen LogP contribution in [0.15, 0.2) is 30.6 Å². The van der Waals surface area contributed by atoms with Gasteiger partial charge in [-0.3, -0.25) is 4.79 Å². The standard InChI is InChI=1S/C13H15N5O2/c14-12-10(13(19)17-5-7-20-8-6-17)9-16-18(12)11-3-1-2-4-15-11/h1-4,9H,5-8,14H2. The molecule has 3 rings (SSSR count). The van der Waals surface area contributed by atoms with Crippen LogP contribution < -0.4 is 5.73 Å². The Morgan fingerprint density at radius 2 is 2.10 bits per heavy atom. The fourth-order valence-corrected chi connectivity index (χ4v) is 2.12. The number of nitrogens with zero attached hydrogens (tertiary/aromatic N) is 4. The van der Waals surface area contributed by atoms with Crippen molar-refractivity contribution in [3.05, 3.63) is 36.2 Å². The zero-order valence-electron chi connectivity index (χ0n) is 10.9. The van der Waals surface area contributed by atoms with Gasteiger partial charge in [-0.05, 0) is 12.1 Å². The molecule has 1 aliphatic heterocycles. The van der Waals surface area contributed by atoms with Gasteiger partial charge in [0.1, 0.15) is 11.4 Å². The van der Waals surface area contributed by atoms with Gasteiger partial charge < -0.3 is 15.4 Å². The summed E-state index contributed by atoms with van der Waals surface area (Å²) in [7, 11) is 0. The number of carbonyl (C=O) groups is 1. The lowest BCUT2D eigenvalue weighted by molar-refractivity contribution is 0.0303. The molecule has 104 valence electrons. The number of pyridine rings is 1. The highest BCUT2D eigenvalue weighted by Gasteiger charge is 2.23. The van der Waals surface area contributed by atoms with Crippen LogP contribution in [-0.2, 0) is 4.74 Å². The van der Waals surface area contributed by atoms with E-state index < -0.39 is 0 Å². The topological polar surface area (TPSA) is 86.3 Å². The summed E-state index contributed by atoms with van der Waals surface area (Å²) in [5, 5.41) is 4.15. The molecule has 7 heteroatoms. The average molecular weight is 273 g/mol. The van der Waals surface area contributed by atoms with E-state index in [0.717, 1.165) is 0 Å². The summed E-state index contributed by atoms with van der Waals surface area (Å²) in [4.78, 5) is 18.3. The van der Waals surface area contributed by atoms with E-state index in [1.807, 2.05) is 12.1 Å². The molecule has 0 spiro atoms. The van der Waals surface area contributed by atoms with E-state index in [1.165, 1.54) is 10.9 Å². The second kappa shape index (κ2) is 5.30. The molecule has 20 heavy (non-hydrogen) atoms. The van der Waals surface area contributed by atoms with Crippen LogP contribution >= 0.6 is 0 Å². The van der Waals surface area contributed by atoms with Gasteiger partial charge in [0.15, 0.2) is 5.82 Å². The quantitative estimate of drug-likeness (QED) is 0.851. The number of nitrogen functional groups attached to an aromatic ring is 1. The number of carbonyl (C=O) groups excluding carboxylic acids is 1. The van der Waals surface area contributed by atoms with Crippen molar-refractivity contribution in [1.82, 2.24) is 19.7 Å². The second-order valence-electron chi connectivity index (χ2n) is 4.45. The number of hydrogen-bond donors (Lipinski definition) is 1. The van der Waals surface area contributed by atoms with Crippen molar-refractivity contribution in [2.75, 3.05) is 32.0 Å². The second-order valence-corrected chi connectivity index (χ2v) is 4.45. The smallest absolute Gasteiger partial charge is 0.259 e. The van der Waals surface area contributed by atoms with E-state index in [-0.39, 0.29) is 5.91 Å². The van der Waals surface area contributed by atoms with Gasteiger partial charge in [0, 0.05) is 19.3 Å². The Labute approximate surface area is 116 Å². The molecule has 1 amide bonds. The summed E-state index contributed by atoms with van der Waals surface area (Å²) >= 11 is 0. The summed E-state index contributed by atoms with van der Waals surface area (Å²) in [6.45, 7) is 2.26. The molecule has 3 heterocycles. The van der Waals surface area contributed by atoms with Crippen molar-refractivity contribution >= 4 is 11.7 Å². The molecule has 0 saturated carbocycles. The molecule has 1 saturated heterocycles. The highest BCUT2D eigenvalue weighted by molar-refractivity contribution is 5.98. The van der Waals surface area contributed by atoms with Crippen LogP contribution in [0.3, 0.4) is 0 Å². The van der Waals surface area contributed by atoms with Crippen LogP contribution in [0.2, 0.25) is 0 Å². The van der Waals surface area contributed by atoms with E-state index in [9.17, 15) is 4.79 Å². The SMILES string of the molecule is Nc1c(C(=O)N2CCOCC2)cnn1-c1ccccn1. The van der Waals surface area contributed by atoms with E-state index in [4.69, 9.17) is 10.5 Å². The first-order chi connectivity index (χ1) is 9.77. The number of hydrogen-bond acceptors (Lipinski definition) is 5. The molecule has 1 aliphatic rings. The fourth-order valence-electron chi connectivity index (χ4n) is 2.12. The summed E-state index contributed by atoms with van der Waals surface area (Å²) in [5.41, 5.74) is 6.43. The van der Waals surface area contributed by atoms with Gasteiger partial charge in [-0.25, -0.2) is 4.98 Å². The van der Waals surface area contributed by atoms with E-state index in [1.54, 1.807) is 17.2 Å². The Bertz CT molecular complexity index is 604. The normalized spacial score (nSPS) is 15.3. The number of amides is 1. The van der Waals surface area contributed by atoms with Gasteiger partial charge in [-0.1, -0.05) is 6.07 Å². The largest absolute Gasteiger partial charge is 0.383 e. The summed E-state index contributed by atoms with van der Waals surface area (Å²) < 4.78 is 6.70. The minimum absolute atomic E-state index is 0.118. The monoisotopic (exact) mass is 273 g/mol. The van der Waals surface area contributed by atoms with Gasteiger partial charge in [0.25, 0.3) is 5.91 Å². The lowest BCUT2D eigenvalue weighted by Crippen LogP contribution is -2.40. The maximum absolute atomic E-state index is 12.4. The van der Waals surface area contributed by atoms with Gasteiger partial charge in [0.2, 0.25) is 0 Å². The van der Waals surface area contributed by atoms with Gasteiger partial charge in [0.05, 0.1) is 19.4 Å². The Morgan fingerprint density at radius 1 is 1.30 bits per heavy atom. The molecule has 7 nitrogen and oxygen atoms in total. The summed E-state index contributed by atoms with van der Waals surface area (Å²) in [6.07, 6.45) is 3.14. The Morgan fingerprint density at radius 3 is 2.80 bits per heavy atom. The molecule has 2 aromatic heterocycles. The van der Waals surface area contributed by atoms with E-state index >= 15 is 0 Å². The number of morpholine rings is 1. The summed E-state index contributed by atoms with van der Waals surface area (Å²) in [6, 6.07) is 5.43. The van der Waals surface area contributed by atoms with Crippen LogP contribution in [0.4, 0.5) is 5.82 Å². The van der Waals surface area contributed by atoms with Crippen molar-refractivity contribution < 1.29 is 9.53 Å². The number of rotatable bonds is 2. The molecule has 2 aromatic rings. The fraction of sp³-hybridized carbons (Fsp3) is 0.308. The Hall–Kier alpha value is -2.41. The Balaban J connectivity index is 1.88. The third kappa shape index (κ3) is 2.23. The van der Waals surface area contributed by atoms with Crippen LogP contribution in [0.25, 0.3) is 5.82 Å². The first-order valence-electron chi connectivity index (χ1n) is 6.39. The highest BCUT2D eigenvalue weighted by atomic mass is 16.5. The third-order valence-corrected chi connectivity index (χ3v) is 3.20.